The Morgan fingerprint density at radius 1 is 0.938 bits per heavy atom. The van der Waals surface area contributed by atoms with Crippen molar-refractivity contribution >= 4 is 6.04 Å². The van der Waals surface area contributed by atoms with E-state index in [1.54, 1.807) is 18.2 Å². The molecular weight excluding hydrogens is 210 g/mol. The van der Waals surface area contributed by atoms with Crippen molar-refractivity contribution in [2.75, 3.05) is 0 Å². The van der Waals surface area contributed by atoms with Crippen molar-refractivity contribution in [1.29, 1.82) is 0 Å². The zero-order chi connectivity index (χ0) is 11.5. The third-order valence-electron chi connectivity index (χ3n) is 2.29. The Hall–Kier alpha value is -2.03. The maximum absolute atomic E-state index is 12.7. The van der Waals surface area contributed by atoms with Crippen molar-refractivity contribution in [3.05, 3.63) is 59.9 Å². The summed E-state index contributed by atoms with van der Waals surface area (Å²) in [5.74, 6) is -0.368. The summed E-state index contributed by atoms with van der Waals surface area (Å²) in [5, 5.41) is 0. The quantitative estimate of drug-likeness (QED) is 0.704. The van der Waals surface area contributed by atoms with Crippen LogP contribution in [0.25, 0.3) is 11.1 Å². The van der Waals surface area contributed by atoms with Crippen LogP contribution >= 0.6 is 0 Å². The van der Waals surface area contributed by atoms with Gasteiger partial charge in [0.1, 0.15) is 5.82 Å². The van der Waals surface area contributed by atoms with Crippen LogP contribution < -0.4 is 0 Å². The summed E-state index contributed by atoms with van der Waals surface area (Å²) in [6.45, 7) is 0. The van der Waals surface area contributed by atoms with Crippen molar-refractivity contribution in [2.24, 2.45) is 0 Å². The second-order valence-electron chi connectivity index (χ2n) is 3.33. The third kappa shape index (κ3) is 1.98. The van der Waals surface area contributed by atoms with Crippen LogP contribution in [0.5, 0.6) is 0 Å². The Labute approximate surface area is 91.3 Å². The smallest absolute Gasteiger partial charge is 0.255 e. The molecule has 0 radical (unpaired) electrons. The van der Waals surface area contributed by atoms with Gasteiger partial charge in [-0.15, -0.1) is 0 Å². The minimum absolute atomic E-state index is 0.00546. The fourth-order valence-corrected chi connectivity index (χ4v) is 1.54. The van der Waals surface area contributed by atoms with Crippen LogP contribution in [0, 0.1) is 5.82 Å². The first-order valence-corrected chi connectivity index (χ1v) is 4.73. The predicted molar refractivity (Wildman–Crippen MR) is 57.3 cm³/mol. The van der Waals surface area contributed by atoms with Crippen LogP contribution in [0.3, 0.4) is 0 Å². The maximum atomic E-state index is 12.7. The van der Waals surface area contributed by atoms with Crippen molar-refractivity contribution in [3.8, 4) is 11.1 Å². The van der Waals surface area contributed by atoms with Crippen LogP contribution in [0.15, 0.2) is 48.5 Å². The molecule has 2 rings (SSSR count). The molecule has 0 unspecified atom stereocenters. The Morgan fingerprint density at radius 3 is 2.19 bits per heavy atom. The van der Waals surface area contributed by atoms with Gasteiger partial charge in [0.15, 0.2) is 0 Å². The van der Waals surface area contributed by atoms with Gasteiger partial charge in [0.25, 0.3) is 0 Å². The Bertz CT molecular complexity index is 518. The largest absolute Gasteiger partial charge is 0.332 e. The van der Waals surface area contributed by atoms with Gasteiger partial charge in [-0.1, -0.05) is 30.3 Å². The zero-order valence-electron chi connectivity index (χ0n) is 8.28. The van der Waals surface area contributed by atoms with Crippen LogP contribution in [0.4, 0.5) is 8.78 Å². The van der Waals surface area contributed by atoms with Crippen LogP contribution in [-0.2, 0) is 0 Å². The van der Waals surface area contributed by atoms with E-state index in [0.717, 1.165) is 0 Å². The zero-order valence-corrected chi connectivity index (χ0v) is 8.28. The van der Waals surface area contributed by atoms with E-state index in [9.17, 15) is 13.6 Å². The van der Waals surface area contributed by atoms with Crippen molar-refractivity contribution in [1.82, 2.24) is 0 Å². The minimum Gasteiger partial charge on any atom is -0.255 e. The van der Waals surface area contributed by atoms with E-state index in [1.165, 1.54) is 30.3 Å². The Balaban J connectivity index is 2.55. The highest BCUT2D eigenvalue weighted by atomic mass is 19.1. The van der Waals surface area contributed by atoms with E-state index in [1.807, 2.05) is 0 Å². The van der Waals surface area contributed by atoms with E-state index in [0.29, 0.717) is 11.1 Å². The molecule has 0 N–H and O–H groups in total. The first-order valence-electron chi connectivity index (χ1n) is 4.73. The molecule has 0 saturated carbocycles. The number of rotatable bonds is 2. The summed E-state index contributed by atoms with van der Waals surface area (Å²) in [7, 11) is 0. The number of benzene rings is 2. The van der Waals surface area contributed by atoms with Gasteiger partial charge in [0.2, 0.25) is 0 Å². The monoisotopic (exact) mass is 218 g/mol. The molecule has 0 aromatic heterocycles. The predicted octanol–water partition coefficient (Wildman–Crippen LogP) is 3.60. The van der Waals surface area contributed by atoms with E-state index in [4.69, 9.17) is 0 Å². The van der Waals surface area contributed by atoms with Gasteiger partial charge >= 0.3 is 6.04 Å². The Morgan fingerprint density at radius 2 is 1.56 bits per heavy atom. The molecule has 0 saturated heterocycles. The third-order valence-corrected chi connectivity index (χ3v) is 2.29. The van der Waals surface area contributed by atoms with Gasteiger partial charge in [-0.3, -0.25) is 4.79 Å². The molecular formula is C13H8F2O. The standard InChI is InChI=1S/C13H8F2O/c14-10-7-5-9(6-8-10)11-3-1-2-4-12(11)13(15)16/h1-8H. The lowest BCUT2D eigenvalue weighted by molar-refractivity contribution is 0.0836. The van der Waals surface area contributed by atoms with Gasteiger partial charge in [0.05, 0.1) is 5.56 Å². The Kier molecular flexibility index (Phi) is 2.77. The fraction of sp³-hybridized carbons (Fsp3) is 0. The van der Waals surface area contributed by atoms with Gasteiger partial charge in [-0.25, -0.2) is 4.39 Å². The molecule has 16 heavy (non-hydrogen) atoms. The van der Waals surface area contributed by atoms with E-state index >= 15 is 0 Å². The summed E-state index contributed by atoms with van der Waals surface area (Å²) in [4.78, 5) is 10.8. The lowest BCUT2D eigenvalue weighted by atomic mass is 10.0. The number of carbonyl (C=O) groups is 1. The molecule has 0 bridgehead atoms. The molecule has 0 aliphatic heterocycles. The number of hydrogen-bond acceptors (Lipinski definition) is 1. The van der Waals surface area contributed by atoms with E-state index < -0.39 is 6.04 Å². The molecule has 0 spiro atoms. The number of hydrogen-bond donors (Lipinski definition) is 0. The fourth-order valence-electron chi connectivity index (χ4n) is 1.54. The molecule has 1 nitrogen and oxygen atoms in total. The highest BCUT2D eigenvalue weighted by molar-refractivity contribution is 5.96. The minimum atomic E-state index is -1.49. The van der Waals surface area contributed by atoms with Crippen LogP contribution in [0.2, 0.25) is 0 Å². The summed E-state index contributed by atoms with van der Waals surface area (Å²) in [6.07, 6.45) is 0. The molecule has 0 atom stereocenters. The first-order chi connectivity index (χ1) is 7.68. The average Bonchev–Trinajstić information content (AvgIpc) is 2.30. The molecule has 0 heterocycles. The second-order valence-corrected chi connectivity index (χ2v) is 3.33. The summed E-state index contributed by atoms with van der Waals surface area (Å²) in [5.41, 5.74) is 1.08. The van der Waals surface area contributed by atoms with E-state index in [-0.39, 0.29) is 11.4 Å². The molecule has 2 aromatic carbocycles. The molecule has 2 aromatic rings. The van der Waals surface area contributed by atoms with Gasteiger partial charge in [-0.2, -0.15) is 4.39 Å². The summed E-state index contributed by atoms with van der Waals surface area (Å²) >= 11 is 0. The summed E-state index contributed by atoms with van der Waals surface area (Å²) < 4.78 is 25.5. The van der Waals surface area contributed by atoms with Crippen molar-refractivity contribution in [2.45, 2.75) is 0 Å². The average molecular weight is 218 g/mol. The van der Waals surface area contributed by atoms with Crippen molar-refractivity contribution < 1.29 is 13.6 Å². The molecule has 0 aliphatic rings. The summed E-state index contributed by atoms with van der Waals surface area (Å²) in [6, 6.07) is 10.4. The maximum Gasteiger partial charge on any atom is 0.332 e. The highest BCUT2D eigenvalue weighted by Gasteiger charge is 2.10. The lowest BCUT2D eigenvalue weighted by Crippen LogP contribution is -1.94. The molecule has 3 heteroatoms. The highest BCUT2D eigenvalue weighted by Crippen LogP contribution is 2.24. The van der Waals surface area contributed by atoms with Crippen molar-refractivity contribution in [3.63, 3.8) is 0 Å². The molecule has 0 aliphatic carbocycles. The molecule has 0 amide bonds. The number of halogens is 2. The van der Waals surface area contributed by atoms with Gasteiger partial charge < -0.3 is 0 Å². The first kappa shape index (κ1) is 10.5. The lowest BCUT2D eigenvalue weighted by Gasteiger charge is -2.04. The van der Waals surface area contributed by atoms with Gasteiger partial charge in [-0.05, 0) is 29.3 Å². The second kappa shape index (κ2) is 4.23. The molecule has 0 fully saturated rings. The number of carbonyl (C=O) groups excluding carboxylic acids is 1. The van der Waals surface area contributed by atoms with E-state index in [2.05, 4.69) is 0 Å². The molecule has 80 valence electrons. The topological polar surface area (TPSA) is 17.1 Å². The van der Waals surface area contributed by atoms with Crippen LogP contribution in [-0.4, -0.2) is 6.04 Å². The SMILES string of the molecule is O=C(F)c1ccccc1-c1ccc(F)cc1. The normalized spacial score (nSPS) is 10.1. The van der Waals surface area contributed by atoms with Crippen LogP contribution in [0.1, 0.15) is 10.4 Å². The van der Waals surface area contributed by atoms with Gasteiger partial charge in [0, 0.05) is 0 Å².